The van der Waals surface area contributed by atoms with Gasteiger partial charge in [-0.1, -0.05) is 56.9 Å². The molecule has 2 aliphatic rings. The van der Waals surface area contributed by atoms with Gasteiger partial charge in [-0.2, -0.15) is 0 Å². The Bertz CT molecular complexity index is 776. The maximum Gasteiger partial charge on any atom is 0.256 e. The van der Waals surface area contributed by atoms with Crippen LogP contribution in [0.3, 0.4) is 0 Å². The maximum absolute atomic E-state index is 13.5. The first kappa shape index (κ1) is 23.4. The van der Waals surface area contributed by atoms with Crippen molar-refractivity contribution >= 4 is 23.5 Å². The molecule has 1 fully saturated rings. The summed E-state index contributed by atoms with van der Waals surface area (Å²) < 4.78 is 0. The van der Waals surface area contributed by atoms with Gasteiger partial charge in [0.1, 0.15) is 0 Å². The van der Waals surface area contributed by atoms with Gasteiger partial charge in [0.15, 0.2) is 5.78 Å². The molecule has 1 saturated heterocycles. The summed E-state index contributed by atoms with van der Waals surface area (Å²) in [5.74, 6) is -0.323. The molecule has 1 amide bonds. The van der Waals surface area contributed by atoms with Crippen LogP contribution in [-0.2, 0) is 9.59 Å². The number of nitrogens with one attached hydrogen (secondary N) is 1. The van der Waals surface area contributed by atoms with Crippen molar-refractivity contribution in [1.82, 2.24) is 10.2 Å². The molecular formula is C24H34N2O2S. The first-order chi connectivity index (χ1) is 13.6. The molecule has 0 spiro atoms. The average molecular weight is 415 g/mol. The molecule has 2 atom stereocenters. The van der Waals surface area contributed by atoms with Gasteiger partial charge in [-0.25, -0.2) is 0 Å². The molecule has 158 valence electrons. The van der Waals surface area contributed by atoms with Crippen LogP contribution in [-0.4, -0.2) is 48.5 Å². The normalized spacial score (nSPS) is 27.6. The van der Waals surface area contributed by atoms with Gasteiger partial charge in [-0.05, 0) is 44.6 Å². The molecule has 0 bridgehead atoms. The van der Waals surface area contributed by atoms with Crippen molar-refractivity contribution in [1.29, 1.82) is 0 Å². The Labute approximate surface area is 179 Å². The highest BCUT2D eigenvalue weighted by Crippen LogP contribution is 2.41. The summed E-state index contributed by atoms with van der Waals surface area (Å²) in [4.78, 5) is 28.8. The number of amides is 1. The zero-order chi connectivity index (χ0) is 21.7. The molecule has 1 heterocycles. The molecule has 29 heavy (non-hydrogen) atoms. The first-order valence-corrected chi connectivity index (χ1v) is 11.3. The van der Waals surface area contributed by atoms with Crippen molar-refractivity contribution in [3.8, 4) is 0 Å². The first-order valence-electron chi connectivity index (χ1n) is 10.1. The van der Waals surface area contributed by atoms with E-state index in [4.69, 9.17) is 0 Å². The largest absolute Gasteiger partial charge is 0.345 e. The van der Waals surface area contributed by atoms with E-state index in [0.29, 0.717) is 4.91 Å². The van der Waals surface area contributed by atoms with Crippen molar-refractivity contribution < 1.29 is 9.59 Å². The summed E-state index contributed by atoms with van der Waals surface area (Å²) in [6, 6.07) is 0. The zero-order valence-corrected chi connectivity index (χ0v) is 19.1. The summed E-state index contributed by atoms with van der Waals surface area (Å²) in [7, 11) is 2.10. The summed E-state index contributed by atoms with van der Waals surface area (Å²) >= 11 is 1.40. The fourth-order valence-electron chi connectivity index (χ4n) is 4.79. The minimum absolute atomic E-state index is 0.0560. The zero-order valence-electron chi connectivity index (χ0n) is 18.3. The number of allylic oxidation sites excluding steroid dienone is 6. The summed E-state index contributed by atoms with van der Waals surface area (Å²) in [5, 5.41) is 3.34. The van der Waals surface area contributed by atoms with Gasteiger partial charge in [0.25, 0.3) is 5.91 Å². The van der Waals surface area contributed by atoms with Gasteiger partial charge in [-0.15, -0.1) is 11.8 Å². The van der Waals surface area contributed by atoms with Gasteiger partial charge in [0.2, 0.25) is 0 Å². The topological polar surface area (TPSA) is 49.4 Å². The highest BCUT2D eigenvalue weighted by atomic mass is 32.2. The smallest absolute Gasteiger partial charge is 0.256 e. The summed E-state index contributed by atoms with van der Waals surface area (Å²) in [5.41, 5.74) is -0.155. The van der Waals surface area contributed by atoms with Crippen LogP contribution in [0.25, 0.3) is 0 Å². The van der Waals surface area contributed by atoms with Crippen molar-refractivity contribution in [3.05, 3.63) is 59.6 Å². The van der Waals surface area contributed by atoms with Gasteiger partial charge in [0.05, 0.1) is 11.1 Å². The number of hydrogen-bond acceptors (Lipinski definition) is 4. The summed E-state index contributed by atoms with van der Waals surface area (Å²) in [6.45, 7) is 11.4. The molecule has 0 aromatic carbocycles. The van der Waals surface area contributed by atoms with Crippen LogP contribution in [0.5, 0.6) is 0 Å². The Morgan fingerprint density at radius 2 is 2.00 bits per heavy atom. The summed E-state index contributed by atoms with van der Waals surface area (Å²) in [6.07, 6.45) is 17.3. The van der Waals surface area contributed by atoms with Gasteiger partial charge >= 0.3 is 0 Å². The molecule has 1 aliphatic heterocycles. The van der Waals surface area contributed by atoms with Crippen molar-refractivity contribution in [3.63, 3.8) is 0 Å². The lowest BCUT2D eigenvalue weighted by atomic mass is 9.66. The lowest BCUT2D eigenvalue weighted by Gasteiger charge is -2.52. The Kier molecular flexibility index (Phi) is 7.89. The number of likely N-dealkylation sites (N-methyl/N-ethyl adjacent to an activating group) is 1. The van der Waals surface area contributed by atoms with Gasteiger partial charge in [0, 0.05) is 23.9 Å². The SMILES string of the molecule is C=C/C=C\C(SC)=C(/C(C)=O)C(=O)NC1(C2C=CC=CC2)CN(C)CC(C)(C)C1. The number of ketones is 1. The van der Waals surface area contributed by atoms with E-state index in [1.54, 1.807) is 18.2 Å². The van der Waals surface area contributed by atoms with Crippen LogP contribution in [0, 0.1) is 11.3 Å². The van der Waals surface area contributed by atoms with Crippen LogP contribution >= 0.6 is 11.8 Å². The van der Waals surface area contributed by atoms with Crippen LogP contribution in [0.15, 0.2) is 59.6 Å². The Hall–Kier alpha value is -1.85. The second kappa shape index (κ2) is 9.77. The third-order valence-corrected chi connectivity index (χ3v) is 6.31. The van der Waals surface area contributed by atoms with Gasteiger partial charge in [-0.3, -0.25) is 9.59 Å². The molecule has 0 aromatic rings. The molecule has 0 saturated carbocycles. The lowest BCUT2D eigenvalue weighted by Crippen LogP contribution is -2.65. The molecule has 0 aromatic heterocycles. The van der Waals surface area contributed by atoms with Crippen molar-refractivity contribution in [2.24, 2.45) is 11.3 Å². The van der Waals surface area contributed by atoms with Crippen LogP contribution < -0.4 is 5.32 Å². The van der Waals surface area contributed by atoms with E-state index in [-0.39, 0.29) is 28.6 Å². The molecule has 1 aliphatic carbocycles. The molecular weight excluding hydrogens is 380 g/mol. The number of nitrogens with zero attached hydrogens (tertiary/aromatic N) is 1. The fourth-order valence-corrected chi connectivity index (χ4v) is 5.45. The van der Waals surface area contributed by atoms with Crippen LogP contribution in [0.2, 0.25) is 0 Å². The monoisotopic (exact) mass is 414 g/mol. The third-order valence-electron chi connectivity index (χ3n) is 5.53. The van der Waals surface area contributed by atoms with E-state index in [0.717, 1.165) is 25.9 Å². The number of carbonyl (C=O) groups is 2. The molecule has 4 nitrogen and oxygen atoms in total. The van der Waals surface area contributed by atoms with Crippen molar-refractivity contribution in [2.75, 3.05) is 26.4 Å². The number of rotatable bonds is 7. The number of thioether (sulfide) groups is 1. The van der Waals surface area contributed by atoms with Gasteiger partial charge < -0.3 is 10.2 Å². The fraction of sp³-hybridized carbons (Fsp3) is 0.500. The minimum Gasteiger partial charge on any atom is -0.345 e. The number of hydrogen-bond donors (Lipinski definition) is 1. The van der Waals surface area contributed by atoms with E-state index >= 15 is 0 Å². The van der Waals surface area contributed by atoms with E-state index in [9.17, 15) is 9.59 Å². The van der Waals surface area contributed by atoms with E-state index < -0.39 is 5.54 Å². The number of likely N-dealkylation sites (tertiary alicyclic amines) is 1. The predicted octanol–water partition coefficient (Wildman–Crippen LogP) is 4.28. The number of piperidine rings is 1. The molecule has 0 radical (unpaired) electrons. The Morgan fingerprint density at radius 3 is 2.52 bits per heavy atom. The second-order valence-corrected chi connectivity index (χ2v) is 9.72. The predicted molar refractivity (Wildman–Crippen MR) is 124 cm³/mol. The molecule has 1 N–H and O–H groups in total. The Morgan fingerprint density at radius 1 is 1.28 bits per heavy atom. The quantitative estimate of drug-likeness (QED) is 0.292. The third kappa shape index (κ3) is 5.83. The molecule has 2 rings (SSSR count). The van der Waals surface area contributed by atoms with E-state index in [1.165, 1.54) is 18.7 Å². The highest BCUT2D eigenvalue weighted by molar-refractivity contribution is 8.02. The van der Waals surface area contributed by atoms with Crippen molar-refractivity contribution in [2.45, 2.75) is 39.2 Å². The molecule has 2 unspecified atom stereocenters. The Balaban J connectivity index is 2.48. The number of Topliss-reactive ketones (excluding diaryl/α,β-unsaturated/α-hetero) is 1. The maximum atomic E-state index is 13.5. The average Bonchev–Trinajstić information content (AvgIpc) is 2.63. The standard InChI is InChI=1S/C24H34N2O2S/c1-7-8-14-20(29-6)21(18(2)27)22(28)25-24(19-12-10-9-11-13-19)15-23(3,4)16-26(5)17-24/h7-12,14,19H,1,13,15-17H2,2-6H3,(H,25,28)/b14-8-,21-20-. The van der Waals surface area contributed by atoms with Crippen LogP contribution in [0.4, 0.5) is 0 Å². The van der Waals surface area contributed by atoms with E-state index in [1.807, 2.05) is 6.26 Å². The second-order valence-electron chi connectivity index (χ2n) is 8.87. The lowest BCUT2D eigenvalue weighted by molar-refractivity contribution is -0.124. The minimum atomic E-state index is -0.429. The van der Waals surface area contributed by atoms with Crippen LogP contribution in [0.1, 0.15) is 33.6 Å². The van der Waals surface area contributed by atoms with E-state index in [2.05, 4.69) is 62.0 Å². The molecule has 5 heteroatoms. The number of carbonyl (C=O) groups excluding carboxylic acids is 2. The highest BCUT2D eigenvalue weighted by Gasteiger charge is 2.47.